The van der Waals surface area contributed by atoms with E-state index in [0.717, 1.165) is 18.5 Å². The summed E-state index contributed by atoms with van der Waals surface area (Å²) in [6, 6.07) is 13.7. The molecule has 0 aliphatic carbocycles. The fourth-order valence-corrected chi connectivity index (χ4v) is 3.49. The molecule has 2 heterocycles. The van der Waals surface area contributed by atoms with Crippen LogP contribution in [0.15, 0.2) is 53.1 Å². The summed E-state index contributed by atoms with van der Waals surface area (Å²) >= 11 is 0. The zero-order chi connectivity index (χ0) is 16.4. The molecule has 4 heteroatoms. The maximum atomic E-state index is 12.6. The Morgan fingerprint density at radius 3 is 2.61 bits per heavy atom. The van der Waals surface area contributed by atoms with Gasteiger partial charge in [0, 0.05) is 24.9 Å². The van der Waals surface area contributed by atoms with Crippen molar-refractivity contribution in [1.29, 1.82) is 0 Å². The molecule has 2 aromatic rings. The van der Waals surface area contributed by atoms with Crippen LogP contribution in [0.5, 0.6) is 0 Å². The molecule has 0 N–H and O–H groups in total. The number of benzene rings is 1. The van der Waals surface area contributed by atoms with Gasteiger partial charge in [-0.2, -0.15) is 0 Å². The first-order chi connectivity index (χ1) is 11.0. The van der Waals surface area contributed by atoms with Gasteiger partial charge in [0.25, 0.3) is 0 Å². The van der Waals surface area contributed by atoms with Crippen molar-refractivity contribution in [2.45, 2.75) is 31.9 Å². The number of likely N-dealkylation sites (tertiary alicyclic amines) is 1. The smallest absolute Gasteiger partial charge is 0.375 e. The van der Waals surface area contributed by atoms with E-state index in [-0.39, 0.29) is 11.7 Å². The first kappa shape index (κ1) is 15.8. The van der Waals surface area contributed by atoms with Gasteiger partial charge in [0.2, 0.25) is 5.76 Å². The van der Waals surface area contributed by atoms with E-state index in [4.69, 9.17) is 9.15 Å². The fourth-order valence-electron chi connectivity index (χ4n) is 3.49. The highest BCUT2D eigenvalue weighted by molar-refractivity contribution is 5.86. The second-order valence-corrected chi connectivity index (χ2v) is 6.52. The van der Waals surface area contributed by atoms with Crippen LogP contribution < -0.4 is 0 Å². The minimum absolute atomic E-state index is 0.185. The predicted molar refractivity (Wildman–Crippen MR) is 88.1 cm³/mol. The average Bonchev–Trinajstić information content (AvgIpc) is 3.08. The molecule has 1 fully saturated rings. The number of piperidine rings is 1. The number of hydrogen-bond donors (Lipinski definition) is 0. The molecular weight excluding hydrogens is 290 g/mol. The lowest BCUT2D eigenvalue weighted by Gasteiger charge is -2.48. The van der Waals surface area contributed by atoms with Crippen LogP contribution in [0.2, 0.25) is 0 Å². The highest BCUT2D eigenvalue weighted by Crippen LogP contribution is 2.43. The molecule has 1 aromatic heterocycles. The Balaban J connectivity index is 1.98. The van der Waals surface area contributed by atoms with Gasteiger partial charge in [0.05, 0.1) is 6.26 Å². The summed E-state index contributed by atoms with van der Waals surface area (Å²) in [6.45, 7) is 5.19. The highest BCUT2D eigenvalue weighted by atomic mass is 16.6. The molecule has 3 atom stereocenters. The van der Waals surface area contributed by atoms with E-state index in [1.54, 1.807) is 12.1 Å². The third-order valence-corrected chi connectivity index (χ3v) is 4.97. The molecule has 1 saturated heterocycles. The molecule has 1 aliphatic rings. The van der Waals surface area contributed by atoms with Crippen LogP contribution >= 0.6 is 0 Å². The van der Waals surface area contributed by atoms with Crippen molar-refractivity contribution in [2.24, 2.45) is 5.92 Å². The largest absolute Gasteiger partial charge is 0.457 e. The number of hydrogen-bond acceptors (Lipinski definition) is 4. The SMILES string of the molecule is C[C@@H]1C[C@](OC(=O)c2ccco2)(c2ccccc2)[C@H](C)CN1C. The monoisotopic (exact) mass is 313 g/mol. The van der Waals surface area contributed by atoms with Crippen molar-refractivity contribution in [2.75, 3.05) is 13.6 Å². The van der Waals surface area contributed by atoms with Gasteiger partial charge in [-0.1, -0.05) is 37.3 Å². The van der Waals surface area contributed by atoms with Gasteiger partial charge in [0.1, 0.15) is 5.60 Å². The van der Waals surface area contributed by atoms with Gasteiger partial charge in [-0.3, -0.25) is 0 Å². The van der Waals surface area contributed by atoms with Crippen molar-refractivity contribution >= 4 is 5.97 Å². The van der Waals surface area contributed by atoms with E-state index >= 15 is 0 Å². The number of carbonyl (C=O) groups is 1. The van der Waals surface area contributed by atoms with Crippen LogP contribution in [-0.2, 0) is 10.3 Å². The maximum absolute atomic E-state index is 12.6. The van der Waals surface area contributed by atoms with E-state index in [0.29, 0.717) is 6.04 Å². The summed E-state index contributed by atoms with van der Waals surface area (Å²) in [7, 11) is 2.12. The Labute approximate surface area is 137 Å². The zero-order valence-corrected chi connectivity index (χ0v) is 13.9. The summed E-state index contributed by atoms with van der Waals surface area (Å²) in [5.74, 6) is 0.0338. The molecule has 1 aromatic carbocycles. The molecule has 0 amide bonds. The van der Waals surface area contributed by atoms with Gasteiger partial charge in [-0.25, -0.2) is 4.79 Å². The predicted octanol–water partition coefficient (Wildman–Crippen LogP) is 3.69. The summed E-state index contributed by atoms with van der Waals surface area (Å²) in [5.41, 5.74) is 0.421. The molecule has 122 valence electrons. The summed E-state index contributed by atoms with van der Waals surface area (Å²) in [6.07, 6.45) is 2.26. The summed E-state index contributed by atoms with van der Waals surface area (Å²) in [4.78, 5) is 14.9. The molecule has 0 spiro atoms. The average molecular weight is 313 g/mol. The number of nitrogens with zero attached hydrogens (tertiary/aromatic N) is 1. The summed E-state index contributed by atoms with van der Waals surface area (Å²) < 4.78 is 11.3. The lowest BCUT2D eigenvalue weighted by atomic mass is 9.74. The Morgan fingerprint density at radius 2 is 1.96 bits per heavy atom. The van der Waals surface area contributed by atoms with Gasteiger partial charge >= 0.3 is 5.97 Å². The second kappa shape index (κ2) is 6.20. The van der Waals surface area contributed by atoms with Crippen molar-refractivity contribution in [1.82, 2.24) is 4.90 Å². The maximum Gasteiger partial charge on any atom is 0.375 e. The van der Waals surface area contributed by atoms with Crippen molar-refractivity contribution < 1.29 is 13.9 Å². The third-order valence-electron chi connectivity index (χ3n) is 4.97. The zero-order valence-electron chi connectivity index (χ0n) is 13.9. The van der Waals surface area contributed by atoms with Crippen molar-refractivity contribution in [3.63, 3.8) is 0 Å². The molecule has 4 nitrogen and oxygen atoms in total. The van der Waals surface area contributed by atoms with E-state index in [1.807, 2.05) is 30.3 Å². The normalized spacial score (nSPS) is 28.5. The van der Waals surface area contributed by atoms with Crippen molar-refractivity contribution in [3.05, 3.63) is 60.1 Å². The van der Waals surface area contributed by atoms with E-state index in [1.165, 1.54) is 6.26 Å². The molecule has 0 unspecified atom stereocenters. The van der Waals surface area contributed by atoms with Crippen molar-refractivity contribution in [3.8, 4) is 0 Å². The van der Waals surface area contributed by atoms with Crippen LogP contribution in [0.25, 0.3) is 0 Å². The molecule has 1 aliphatic heterocycles. The number of ether oxygens (including phenoxy) is 1. The lowest BCUT2D eigenvalue weighted by molar-refractivity contribution is -0.100. The number of furan rings is 1. The number of rotatable bonds is 3. The quantitative estimate of drug-likeness (QED) is 0.811. The second-order valence-electron chi connectivity index (χ2n) is 6.52. The van der Waals surface area contributed by atoms with Crippen LogP contribution in [0.1, 0.15) is 36.4 Å². The molecule has 0 saturated carbocycles. The molecule has 23 heavy (non-hydrogen) atoms. The first-order valence-electron chi connectivity index (χ1n) is 8.05. The standard InChI is InChI=1S/C19H23NO3/c1-14-13-20(3)15(2)12-19(14,16-8-5-4-6-9-16)23-18(21)17-10-7-11-22-17/h4-11,14-15H,12-13H2,1-3H3/t14-,15-,19-/m1/s1. The van der Waals surface area contributed by atoms with Crippen LogP contribution in [-0.4, -0.2) is 30.5 Å². The fraction of sp³-hybridized carbons (Fsp3) is 0.421. The first-order valence-corrected chi connectivity index (χ1v) is 8.05. The minimum atomic E-state index is -0.628. The van der Waals surface area contributed by atoms with E-state index in [2.05, 4.69) is 25.8 Å². The Morgan fingerprint density at radius 1 is 1.22 bits per heavy atom. The van der Waals surface area contributed by atoms with Gasteiger partial charge < -0.3 is 14.1 Å². The van der Waals surface area contributed by atoms with Crippen LogP contribution in [0, 0.1) is 5.92 Å². The Bertz CT molecular complexity index is 653. The Kier molecular flexibility index (Phi) is 4.26. The van der Waals surface area contributed by atoms with E-state index < -0.39 is 11.6 Å². The lowest BCUT2D eigenvalue weighted by Crippen LogP contribution is -2.53. The minimum Gasteiger partial charge on any atom is -0.457 e. The molecule has 0 radical (unpaired) electrons. The number of esters is 1. The van der Waals surface area contributed by atoms with Gasteiger partial charge in [-0.05, 0) is 31.7 Å². The summed E-state index contributed by atoms with van der Waals surface area (Å²) in [5, 5.41) is 0. The Hall–Kier alpha value is -2.07. The van der Waals surface area contributed by atoms with Gasteiger partial charge in [-0.15, -0.1) is 0 Å². The van der Waals surface area contributed by atoms with Gasteiger partial charge in [0.15, 0.2) is 0 Å². The molecular formula is C19H23NO3. The third kappa shape index (κ3) is 2.91. The highest BCUT2D eigenvalue weighted by Gasteiger charge is 2.47. The number of carbonyl (C=O) groups excluding carboxylic acids is 1. The van der Waals surface area contributed by atoms with Crippen LogP contribution in [0.3, 0.4) is 0 Å². The molecule has 3 rings (SSSR count). The molecule has 0 bridgehead atoms. The van der Waals surface area contributed by atoms with E-state index in [9.17, 15) is 4.79 Å². The van der Waals surface area contributed by atoms with Crippen LogP contribution in [0.4, 0.5) is 0 Å². The topological polar surface area (TPSA) is 42.7 Å².